The van der Waals surface area contributed by atoms with Gasteiger partial charge in [0, 0.05) is 16.1 Å². The summed E-state index contributed by atoms with van der Waals surface area (Å²) in [7, 11) is 0. The zero-order valence-corrected chi connectivity index (χ0v) is 10.2. The lowest BCUT2D eigenvalue weighted by molar-refractivity contribution is 0.0520. The van der Waals surface area contributed by atoms with E-state index in [1.54, 1.807) is 25.3 Å². The molecule has 16 heavy (non-hydrogen) atoms. The van der Waals surface area contributed by atoms with Crippen molar-refractivity contribution in [1.82, 2.24) is 9.97 Å². The standard InChI is InChI=1S/C11H9BrN2O2/c1-2-16-11(15)9-4-3-7-5-8(12)6-13-10(7)14-9/h3-6H,2H2,1H3. The van der Waals surface area contributed by atoms with Crippen molar-refractivity contribution >= 4 is 32.9 Å². The summed E-state index contributed by atoms with van der Waals surface area (Å²) in [6.07, 6.45) is 1.64. The molecule has 0 unspecified atom stereocenters. The third kappa shape index (κ3) is 2.19. The van der Waals surface area contributed by atoms with Gasteiger partial charge < -0.3 is 4.74 Å². The van der Waals surface area contributed by atoms with Crippen LogP contribution in [0, 0.1) is 0 Å². The first kappa shape index (κ1) is 11.0. The summed E-state index contributed by atoms with van der Waals surface area (Å²) in [6, 6.07) is 5.32. The van der Waals surface area contributed by atoms with Crippen LogP contribution in [0.15, 0.2) is 28.9 Å². The summed E-state index contributed by atoms with van der Waals surface area (Å²) in [5.74, 6) is -0.422. The van der Waals surface area contributed by atoms with Crippen molar-refractivity contribution in [2.24, 2.45) is 0 Å². The van der Waals surface area contributed by atoms with Gasteiger partial charge in [0.05, 0.1) is 6.61 Å². The quantitative estimate of drug-likeness (QED) is 0.794. The lowest BCUT2D eigenvalue weighted by Gasteiger charge is -2.02. The maximum absolute atomic E-state index is 11.4. The molecule has 2 rings (SSSR count). The average Bonchev–Trinajstić information content (AvgIpc) is 2.28. The van der Waals surface area contributed by atoms with E-state index in [4.69, 9.17) is 4.74 Å². The normalized spacial score (nSPS) is 10.4. The molecule has 2 aromatic rings. The molecule has 0 aromatic carbocycles. The molecule has 0 saturated carbocycles. The van der Waals surface area contributed by atoms with Crippen LogP contribution >= 0.6 is 15.9 Å². The van der Waals surface area contributed by atoms with Crippen LogP contribution in [-0.2, 0) is 4.74 Å². The number of pyridine rings is 2. The molecule has 0 aliphatic carbocycles. The minimum atomic E-state index is -0.422. The molecule has 82 valence electrons. The topological polar surface area (TPSA) is 52.1 Å². The van der Waals surface area contributed by atoms with E-state index in [2.05, 4.69) is 25.9 Å². The van der Waals surface area contributed by atoms with E-state index < -0.39 is 5.97 Å². The Balaban J connectivity index is 2.44. The number of esters is 1. The van der Waals surface area contributed by atoms with Gasteiger partial charge in [0.1, 0.15) is 0 Å². The highest BCUT2D eigenvalue weighted by molar-refractivity contribution is 9.10. The summed E-state index contributed by atoms with van der Waals surface area (Å²) < 4.78 is 5.74. The van der Waals surface area contributed by atoms with Gasteiger partial charge in [-0.3, -0.25) is 0 Å². The molecule has 0 N–H and O–H groups in total. The van der Waals surface area contributed by atoms with Crippen molar-refractivity contribution in [2.45, 2.75) is 6.92 Å². The Morgan fingerprint density at radius 2 is 2.31 bits per heavy atom. The average molecular weight is 281 g/mol. The Bertz CT molecular complexity index is 542. The first-order chi connectivity index (χ1) is 7.70. The first-order valence-electron chi connectivity index (χ1n) is 4.80. The molecular weight excluding hydrogens is 272 g/mol. The number of nitrogens with zero attached hydrogens (tertiary/aromatic N) is 2. The highest BCUT2D eigenvalue weighted by Gasteiger charge is 2.09. The molecule has 2 aromatic heterocycles. The predicted octanol–water partition coefficient (Wildman–Crippen LogP) is 2.57. The molecule has 0 bridgehead atoms. The van der Waals surface area contributed by atoms with Crippen LogP contribution in [0.1, 0.15) is 17.4 Å². The van der Waals surface area contributed by atoms with E-state index in [0.29, 0.717) is 12.3 Å². The summed E-state index contributed by atoms with van der Waals surface area (Å²) in [5.41, 5.74) is 0.818. The Morgan fingerprint density at radius 1 is 1.50 bits per heavy atom. The van der Waals surface area contributed by atoms with Crippen LogP contribution < -0.4 is 0 Å². The molecule has 0 atom stereocenters. The first-order valence-corrected chi connectivity index (χ1v) is 5.59. The SMILES string of the molecule is CCOC(=O)c1ccc2cc(Br)cnc2n1. The number of halogens is 1. The molecule has 4 nitrogen and oxygen atoms in total. The van der Waals surface area contributed by atoms with Crippen LogP contribution in [0.3, 0.4) is 0 Å². The van der Waals surface area contributed by atoms with Crippen molar-refractivity contribution in [3.05, 3.63) is 34.6 Å². The zero-order valence-electron chi connectivity index (χ0n) is 8.61. The zero-order chi connectivity index (χ0) is 11.5. The lowest BCUT2D eigenvalue weighted by atomic mass is 10.2. The van der Waals surface area contributed by atoms with Gasteiger partial charge in [-0.25, -0.2) is 14.8 Å². The number of rotatable bonds is 2. The van der Waals surface area contributed by atoms with Gasteiger partial charge in [0.15, 0.2) is 11.3 Å². The number of carbonyl (C=O) groups excluding carboxylic acids is 1. The van der Waals surface area contributed by atoms with Crippen molar-refractivity contribution in [3.63, 3.8) is 0 Å². The Morgan fingerprint density at radius 3 is 3.06 bits per heavy atom. The molecule has 2 heterocycles. The molecule has 0 fully saturated rings. The summed E-state index contributed by atoms with van der Waals surface area (Å²) >= 11 is 3.32. The second-order valence-corrected chi connectivity index (χ2v) is 4.03. The van der Waals surface area contributed by atoms with Gasteiger partial charge in [-0.05, 0) is 41.1 Å². The van der Waals surface area contributed by atoms with Gasteiger partial charge in [-0.2, -0.15) is 0 Å². The van der Waals surface area contributed by atoms with E-state index in [9.17, 15) is 4.79 Å². The minimum Gasteiger partial charge on any atom is -0.461 e. The Labute approximate surface area is 101 Å². The van der Waals surface area contributed by atoms with Crippen LogP contribution in [0.2, 0.25) is 0 Å². The maximum Gasteiger partial charge on any atom is 0.357 e. The van der Waals surface area contributed by atoms with E-state index in [-0.39, 0.29) is 5.69 Å². The molecule has 0 spiro atoms. The predicted molar refractivity (Wildman–Crippen MR) is 63.2 cm³/mol. The van der Waals surface area contributed by atoms with Gasteiger partial charge in [-0.1, -0.05) is 0 Å². The van der Waals surface area contributed by atoms with Gasteiger partial charge in [0.25, 0.3) is 0 Å². The minimum absolute atomic E-state index is 0.282. The summed E-state index contributed by atoms with van der Waals surface area (Å²) in [4.78, 5) is 19.7. The van der Waals surface area contributed by atoms with Gasteiger partial charge in [-0.15, -0.1) is 0 Å². The van der Waals surface area contributed by atoms with Crippen LogP contribution in [0.25, 0.3) is 11.0 Å². The third-order valence-electron chi connectivity index (χ3n) is 1.99. The highest BCUT2D eigenvalue weighted by Crippen LogP contribution is 2.16. The monoisotopic (exact) mass is 280 g/mol. The number of carbonyl (C=O) groups is 1. The van der Waals surface area contributed by atoms with Crippen molar-refractivity contribution < 1.29 is 9.53 Å². The second kappa shape index (κ2) is 4.57. The molecule has 0 radical (unpaired) electrons. The van der Waals surface area contributed by atoms with E-state index in [1.165, 1.54) is 0 Å². The molecule has 0 aliphatic rings. The van der Waals surface area contributed by atoms with Crippen LogP contribution in [-0.4, -0.2) is 22.5 Å². The number of ether oxygens (including phenoxy) is 1. The fraction of sp³-hybridized carbons (Fsp3) is 0.182. The largest absolute Gasteiger partial charge is 0.461 e. The third-order valence-corrected chi connectivity index (χ3v) is 2.43. The molecule has 0 saturated heterocycles. The second-order valence-electron chi connectivity index (χ2n) is 3.12. The smallest absolute Gasteiger partial charge is 0.357 e. The van der Waals surface area contributed by atoms with Crippen molar-refractivity contribution in [3.8, 4) is 0 Å². The molecule has 5 heteroatoms. The van der Waals surface area contributed by atoms with Crippen LogP contribution in [0.5, 0.6) is 0 Å². The number of hydrogen-bond donors (Lipinski definition) is 0. The fourth-order valence-electron chi connectivity index (χ4n) is 1.30. The maximum atomic E-state index is 11.4. The highest BCUT2D eigenvalue weighted by atomic mass is 79.9. The molecule has 0 aliphatic heterocycles. The van der Waals surface area contributed by atoms with E-state index >= 15 is 0 Å². The number of hydrogen-bond acceptors (Lipinski definition) is 4. The van der Waals surface area contributed by atoms with E-state index in [1.807, 2.05) is 6.07 Å². The van der Waals surface area contributed by atoms with Crippen LogP contribution in [0.4, 0.5) is 0 Å². The summed E-state index contributed by atoms with van der Waals surface area (Å²) in [5, 5.41) is 0.877. The Kier molecular flexibility index (Phi) is 3.14. The fourth-order valence-corrected chi connectivity index (χ4v) is 1.65. The van der Waals surface area contributed by atoms with E-state index in [0.717, 1.165) is 9.86 Å². The van der Waals surface area contributed by atoms with Crippen molar-refractivity contribution in [1.29, 1.82) is 0 Å². The summed E-state index contributed by atoms with van der Waals surface area (Å²) in [6.45, 7) is 2.10. The number of aromatic nitrogens is 2. The Hall–Kier alpha value is -1.49. The van der Waals surface area contributed by atoms with Gasteiger partial charge in [0.2, 0.25) is 0 Å². The number of fused-ring (bicyclic) bond motifs is 1. The van der Waals surface area contributed by atoms with Crippen molar-refractivity contribution in [2.75, 3.05) is 6.61 Å². The molecular formula is C11H9BrN2O2. The molecule has 0 amide bonds. The lowest BCUT2D eigenvalue weighted by Crippen LogP contribution is -2.07. The van der Waals surface area contributed by atoms with Gasteiger partial charge >= 0.3 is 5.97 Å².